The van der Waals surface area contributed by atoms with E-state index in [4.69, 9.17) is 21.1 Å². The van der Waals surface area contributed by atoms with Crippen LogP contribution in [0.4, 0.5) is 11.4 Å². The topological polar surface area (TPSA) is 93.7 Å². The molecule has 9 heteroatoms. The van der Waals surface area contributed by atoms with Gasteiger partial charge in [0.05, 0.1) is 42.1 Å². The molecule has 7 nitrogen and oxygen atoms in total. The zero-order valence-electron chi connectivity index (χ0n) is 14.5. The monoisotopic (exact) mass is 398 g/mol. The molecule has 2 aromatic rings. The molecule has 0 bridgehead atoms. The number of anilines is 2. The normalized spacial score (nSPS) is 10.9. The molecule has 0 unspecified atom stereocenters. The van der Waals surface area contributed by atoms with Crippen molar-refractivity contribution in [3.63, 3.8) is 0 Å². The third-order valence-electron chi connectivity index (χ3n) is 3.47. The second-order valence-corrected chi connectivity index (χ2v) is 7.75. The molecule has 0 aliphatic rings. The number of carbonyl (C=O) groups excluding carboxylic acids is 1. The maximum Gasteiger partial charge on any atom is 0.243 e. The summed E-state index contributed by atoms with van der Waals surface area (Å²) < 4.78 is 34.0. The summed E-state index contributed by atoms with van der Waals surface area (Å²) >= 11 is 6.04. The Morgan fingerprint density at radius 2 is 1.73 bits per heavy atom. The lowest BCUT2D eigenvalue weighted by Crippen LogP contribution is -2.23. The summed E-state index contributed by atoms with van der Waals surface area (Å²) in [7, 11) is -0.501. The molecule has 2 N–H and O–H groups in total. The van der Waals surface area contributed by atoms with Crippen molar-refractivity contribution in [3.05, 3.63) is 41.4 Å². The van der Waals surface area contributed by atoms with Crippen molar-refractivity contribution >= 4 is 38.7 Å². The number of sulfone groups is 1. The van der Waals surface area contributed by atoms with Crippen molar-refractivity contribution in [3.8, 4) is 11.5 Å². The molecule has 0 spiro atoms. The number of para-hydroxylation sites is 1. The molecule has 0 fully saturated rings. The van der Waals surface area contributed by atoms with Gasteiger partial charge in [0.1, 0.15) is 11.5 Å². The first kappa shape index (κ1) is 19.9. The van der Waals surface area contributed by atoms with E-state index in [1.54, 1.807) is 24.3 Å². The highest BCUT2D eigenvalue weighted by atomic mass is 35.5. The number of ether oxygens (including phenoxy) is 2. The first-order valence-electron chi connectivity index (χ1n) is 7.50. The Kier molecular flexibility index (Phi) is 6.33. The lowest BCUT2D eigenvalue weighted by Gasteiger charge is -2.14. The summed E-state index contributed by atoms with van der Waals surface area (Å²) in [5, 5.41) is 5.88. The number of hydrogen-bond acceptors (Lipinski definition) is 6. The van der Waals surface area contributed by atoms with Crippen LogP contribution in [0.25, 0.3) is 0 Å². The number of nitrogens with one attached hydrogen (secondary N) is 2. The van der Waals surface area contributed by atoms with Gasteiger partial charge in [-0.3, -0.25) is 4.79 Å². The number of halogens is 1. The third-order valence-corrected chi connectivity index (χ3v) is 4.92. The SMILES string of the molecule is COc1cc(NCC(=O)Nc2ccccc2S(C)(=O)=O)c(OC)cc1Cl. The first-order valence-corrected chi connectivity index (χ1v) is 9.77. The van der Waals surface area contributed by atoms with Gasteiger partial charge >= 0.3 is 0 Å². The van der Waals surface area contributed by atoms with Gasteiger partial charge in [0, 0.05) is 18.4 Å². The van der Waals surface area contributed by atoms with Crippen LogP contribution in [0.15, 0.2) is 41.3 Å². The number of carbonyl (C=O) groups is 1. The van der Waals surface area contributed by atoms with Crippen LogP contribution < -0.4 is 20.1 Å². The van der Waals surface area contributed by atoms with Gasteiger partial charge in [-0.15, -0.1) is 0 Å². The smallest absolute Gasteiger partial charge is 0.243 e. The quantitative estimate of drug-likeness (QED) is 0.744. The van der Waals surface area contributed by atoms with Crippen LogP contribution >= 0.6 is 11.6 Å². The largest absolute Gasteiger partial charge is 0.495 e. The van der Waals surface area contributed by atoms with Crippen LogP contribution in [-0.4, -0.2) is 41.3 Å². The van der Waals surface area contributed by atoms with Crippen LogP contribution in [0.5, 0.6) is 11.5 Å². The van der Waals surface area contributed by atoms with E-state index in [2.05, 4.69) is 10.6 Å². The average molecular weight is 399 g/mol. The van der Waals surface area contributed by atoms with Crippen molar-refractivity contribution in [2.45, 2.75) is 4.90 Å². The number of benzene rings is 2. The van der Waals surface area contributed by atoms with Gasteiger partial charge in [0.15, 0.2) is 9.84 Å². The highest BCUT2D eigenvalue weighted by Gasteiger charge is 2.15. The van der Waals surface area contributed by atoms with E-state index < -0.39 is 15.7 Å². The predicted molar refractivity (Wildman–Crippen MR) is 101 cm³/mol. The molecule has 2 aromatic carbocycles. The summed E-state index contributed by atoms with van der Waals surface area (Å²) in [6.45, 7) is -0.112. The Labute approximate surface area is 157 Å². The zero-order valence-corrected chi connectivity index (χ0v) is 16.1. The summed E-state index contributed by atoms with van der Waals surface area (Å²) in [6.07, 6.45) is 1.08. The maximum atomic E-state index is 12.2. The lowest BCUT2D eigenvalue weighted by atomic mass is 10.2. The molecule has 2 rings (SSSR count). The maximum absolute atomic E-state index is 12.2. The number of hydrogen-bond donors (Lipinski definition) is 2. The molecular weight excluding hydrogens is 380 g/mol. The van der Waals surface area contributed by atoms with E-state index in [-0.39, 0.29) is 17.1 Å². The number of amides is 1. The van der Waals surface area contributed by atoms with E-state index in [0.29, 0.717) is 22.2 Å². The summed E-state index contributed by atoms with van der Waals surface area (Å²) in [5.74, 6) is 0.454. The second-order valence-electron chi connectivity index (χ2n) is 5.36. The van der Waals surface area contributed by atoms with Gasteiger partial charge in [0.25, 0.3) is 0 Å². The van der Waals surface area contributed by atoms with E-state index >= 15 is 0 Å². The Hall–Kier alpha value is -2.45. The highest BCUT2D eigenvalue weighted by molar-refractivity contribution is 7.90. The fourth-order valence-corrected chi connectivity index (χ4v) is 3.34. The van der Waals surface area contributed by atoms with E-state index in [1.807, 2.05) is 0 Å². The van der Waals surface area contributed by atoms with E-state index in [0.717, 1.165) is 6.26 Å². The van der Waals surface area contributed by atoms with Gasteiger partial charge < -0.3 is 20.1 Å². The molecule has 0 atom stereocenters. The highest BCUT2D eigenvalue weighted by Crippen LogP contribution is 2.35. The second kappa shape index (κ2) is 8.29. The Morgan fingerprint density at radius 3 is 2.35 bits per heavy atom. The molecule has 0 radical (unpaired) electrons. The minimum Gasteiger partial charge on any atom is -0.495 e. The van der Waals surface area contributed by atoms with Crippen molar-refractivity contribution < 1.29 is 22.7 Å². The minimum absolute atomic E-state index is 0.0547. The third kappa shape index (κ3) is 4.80. The summed E-state index contributed by atoms with van der Waals surface area (Å²) in [6, 6.07) is 9.38. The van der Waals surface area contributed by atoms with Crippen molar-refractivity contribution in [2.75, 3.05) is 37.7 Å². The van der Waals surface area contributed by atoms with Crippen molar-refractivity contribution in [2.24, 2.45) is 0 Å². The van der Waals surface area contributed by atoms with Crippen molar-refractivity contribution in [1.29, 1.82) is 0 Å². The van der Waals surface area contributed by atoms with Gasteiger partial charge in [-0.2, -0.15) is 0 Å². The van der Waals surface area contributed by atoms with Crippen molar-refractivity contribution in [1.82, 2.24) is 0 Å². The molecule has 0 aromatic heterocycles. The molecule has 0 heterocycles. The molecule has 0 saturated carbocycles. The Morgan fingerprint density at radius 1 is 1.08 bits per heavy atom. The van der Waals surface area contributed by atoms with Crippen LogP contribution in [0, 0.1) is 0 Å². The first-order chi connectivity index (χ1) is 12.3. The van der Waals surface area contributed by atoms with Gasteiger partial charge in [-0.25, -0.2) is 8.42 Å². The molecular formula is C17H19ClN2O5S. The fourth-order valence-electron chi connectivity index (χ4n) is 2.26. The standard InChI is InChI=1S/C17H19ClN2O5S/c1-24-14-9-13(15(25-2)8-11(14)18)19-10-17(21)20-12-6-4-5-7-16(12)26(3,22)23/h4-9,19H,10H2,1-3H3,(H,20,21). The van der Waals surface area contributed by atoms with Crippen LogP contribution in [0.3, 0.4) is 0 Å². The van der Waals surface area contributed by atoms with Crippen LogP contribution in [0.2, 0.25) is 5.02 Å². The summed E-state index contributed by atoms with van der Waals surface area (Å²) in [5.41, 5.74) is 0.739. The van der Waals surface area contributed by atoms with Crippen LogP contribution in [0.1, 0.15) is 0 Å². The lowest BCUT2D eigenvalue weighted by molar-refractivity contribution is -0.114. The zero-order chi connectivity index (χ0) is 19.3. The summed E-state index contributed by atoms with van der Waals surface area (Å²) in [4.78, 5) is 12.3. The molecule has 1 amide bonds. The average Bonchev–Trinajstić information content (AvgIpc) is 2.59. The molecule has 140 valence electrons. The molecule has 26 heavy (non-hydrogen) atoms. The van der Waals surface area contributed by atoms with Gasteiger partial charge in [-0.05, 0) is 12.1 Å². The van der Waals surface area contributed by atoms with Gasteiger partial charge in [-0.1, -0.05) is 23.7 Å². The predicted octanol–water partition coefficient (Wildman–Crippen LogP) is 2.81. The Bertz CT molecular complexity index is 915. The molecule has 0 aliphatic heterocycles. The molecule has 0 aliphatic carbocycles. The van der Waals surface area contributed by atoms with E-state index in [9.17, 15) is 13.2 Å². The molecule has 0 saturated heterocycles. The number of methoxy groups -OCH3 is 2. The fraction of sp³-hybridized carbons (Fsp3) is 0.235. The Balaban J connectivity index is 2.14. The van der Waals surface area contributed by atoms with Crippen LogP contribution in [-0.2, 0) is 14.6 Å². The minimum atomic E-state index is -3.46. The number of rotatable bonds is 7. The van der Waals surface area contributed by atoms with Gasteiger partial charge in [0.2, 0.25) is 5.91 Å². The van der Waals surface area contributed by atoms with E-state index in [1.165, 1.54) is 26.4 Å².